The number of piperidine rings is 1. The minimum absolute atomic E-state index is 0.0452. The highest BCUT2D eigenvalue weighted by Gasteiger charge is 2.25. The molecule has 0 aliphatic carbocycles. The first-order valence-electron chi connectivity index (χ1n) is 6.93. The number of hydrogen-bond acceptors (Lipinski definition) is 4. The van der Waals surface area contributed by atoms with Gasteiger partial charge >= 0.3 is 0 Å². The minimum Gasteiger partial charge on any atom is -0.258 e. The van der Waals surface area contributed by atoms with Crippen LogP contribution in [0, 0.1) is 15.9 Å². The van der Waals surface area contributed by atoms with Crippen molar-refractivity contribution in [1.29, 1.82) is 0 Å². The lowest BCUT2D eigenvalue weighted by Crippen LogP contribution is -2.51. The largest absolute Gasteiger partial charge is 0.274 e. The average molecular weight is 281 g/mol. The molecule has 2 unspecified atom stereocenters. The van der Waals surface area contributed by atoms with Gasteiger partial charge in [0, 0.05) is 30.3 Å². The molecule has 1 saturated heterocycles. The number of benzene rings is 1. The maximum atomic E-state index is 13.3. The van der Waals surface area contributed by atoms with Gasteiger partial charge in [0.15, 0.2) is 0 Å². The fourth-order valence-corrected chi connectivity index (χ4v) is 2.78. The summed E-state index contributed by atoms with van der Waals surface area (Å²) in [6.07, 6.45) is 3.39. The molecule has 0 saturated carbocycles. The monoisotopic (exact) mass is 281 g/mol. The Morgan fingerprint density at radius 1 is 1.40 bits per heavy atom. The van der Waals surface area contributed by atoms with E-state index in [4.69, 9.17) is 0 Å². The van der Waals surface area contributed by atoms with Gasteiger partial charge in [0.1, 0.15) is 5.82 Å². The second-order valence-corrected chi connectivity index (χ2v) is 5.40. The van der Waals surface area contributed by atoms with Crippen LogP contribution in [0.2, 0.25) is 0 Å². The van der Waals surface area contributed by atoms with Gasteiger partial charge in [-0.05, 0) is 38.8 Å². The Bertz CT molecular complexity index is 485. The quantitative estimate of drug-likeness (QED) is 0.681. The highest BCUT2D eigenvalue weighted by atomic mass is 19.1. The Morgan fingerprint density at radius 3 is 2.65 bits per heavy atom. The molecule has 2 atom stereocenters. The molecule has 1 aliphatic heterocycles. The van der Waals surface area contributed by atoms with Gasteiger partial charge in [0.05, 0.1) is 4.92 Å². The Morgan fingerprint density at radius 2 is 2.05 bits per heavy atom. The van der Waals surface area contributed by atoms with Crippen LogP contribution in [0.4, 0.5) is 10.1 Å². The lowest BCUT2D eigenvalue weighted by molar-refractivity contribution is -0.385. The number of hydrogen-bond donors (Lipinski definition) is 1. The van der Waals surface area contributed by atoms with Gasteiger partial charge in [-0.1, -0.05) is 6.42 Å². The first-order chi connectivity index (χ1) is 9.49. The summed E-state index contributed by atoms with van der Waals surface area (Å²) in [6, 6.07) is 4.32. The van der Waals surface area contributed by atoms with E-state index in [1.165, 1.54) is 18.6 Å². The van der Waals surface area contributed by atoms with E-state index < -0.39 is 10.7 Å². The van der Waals surface area contributed by atoms with Crippen molar-refractivity contribution in [3.05, 3.63) is 39.7 Å². The van der Waals surface area contributed by atoms with Crippen molar-refractivity contribution in [2.45, 2.75) is 51.7 Å². The molecule has 0 bridgehead atoms. The number of halogens is 1. The topological polar surface area (TPSA) is 58.4 Å². The molecule has 0 radical (unpaired) electrons. The molecule has 1 aromatic rings. The number of rotatable bonds is 4. The molecule has 0 amide bonds. The Hall–Kier alpha value is -1.53. The molecular weight excluding hydrogens is 261 g/mol. The van der Waals surface area contributed by atoms with Crippen LogP contribution in [-0.2, 0) is 6.54 Å². The average Bonchev–Trinajstić information content (AvgIpc) is 2.37. The van der Waals surface area contributed by atoms with Crippen LogP contribution in [0.5, 0.6) is 0 Å². The summed E-state index contributed by atoms with van der Waals surface area (Å²) < 4.78 is 13.3. The van der Waals surface area contributed by atoms with Crippen LogP contribution >= 0.6 is 0 Å². The van der Waals surface area contributed by atoms with Gasteiger partial charge in [-0.25, -0.2) is 9.40 Å². The summed E-state index contributed by atoms with van der Waals surface area (Å²) in [7, 11) is 0. The molecule has 0 aromatic heterocycles. The number of nitrogens with one attached hydrogen (secondary N) is 1. The molecule has 110 valence electrons. The Labute approximate surface area is 117 Å². The molecular formula is C14H20FN3O2. The van der Waals surface area contributed by atoms with Gasteiger partial charge in [-0.15, -0.1) is 0 Å². The van der Waals surface area contributed by atoms with Crippen molar-refractivity contribution in [2.24, 2.45) is 0 Å². The summed E-state index contributed by atoms with van der Waals surface area (Å²) in [5.74, 6) is -0.452. The zero-order valence-electron chi connectivity index (χ0n) is 11.8. The molecule has 20 heavy (non-hydrogen) atoms. The predicted molar refractivity (Wildman–Crippen MR) is 74.5 cm³/mol. The van der Waals surface area contributed by atoms with E-state index in [-0.39, 0.29) is 12.2 Å². The summed E-state index contributed by atoms with van der Waals surface area (Å²) in [4.78, 5) is 10.5. The molecule has 1 aromatic carbocycles. The Kier molecular flexibility index (Phi) is 4.67. The molecule has 1 N–H and O–H groups in total. The third-order valence-electron chi connectivity index (χ3n) is 3.88. The van der Waals surface area contributed by atoms with E-state index in [2.05, 4.69) is 24.3 Å². The highest BCUT2D eigenvalue weighted by Crippen LogP contribution is 2.23. The SMILES string of the molecule is CC1CCCC(C)N1NCc1cc(F)ccc1[N+](=O)[O-]. The number of hydrazine groups is 1. The van der Waals surface area contributed by atoms with Crippen LogP contribution in [0.15, 0.2) is 18.2 Å². The summed E-state index contributed by atoms with van der Waals surface area (Å²) in [5.41, 5.74) is 3.55. The molecule has 5 nitrogen and oxygen atoms in total. The molecule has 1 aliphatic rings. The normalized spacial score (nSPS) is 23.8. The fraction of sp³-hybridized carbons (Fsp3) is 0.571. The first kappa shape index (κ1) is 14.9. The highest BCUT2D eigenvalue weighted by molar-refractivity contribution is 5.40. The van der Waals surface area contributed by atoms with E-state index in [0.29, 0.717) is 17.6 Å². The lowest BCUT2D eigenvalue weighted by Gasteiger charge is -2.39. The smallest absolute Gasteiger partial charge is 0.258 e. The lowest BCUT2D eigenvalue weighted by atomic mass is 10.00. The first-order valence-corrected chi connectivity index (χ1v) is 6.93. The second-order valence-electron chi connectivity index (χ2n) is 5.40. The van der Waals surface area contributed by atoms with Gasteiger partial charge in [-0.3, -0.25) is 15.5 Å². The van der Waals surface area contributed by atoms with Crippen molar-refractivity contribution in [1.82, 2.24) is 10.4 Å². The molecule has 1 fully saturated rings. The molecule has 0 spiro atoms. The van der Waals surface area contributed by atoms with E-state index in [1.807, 2.05) is 0 Å². The predicted octanol–water partition coefficient (Wildman–Crippen LogP) is 3.00. The van der Waals surface area contributed by atoms with Gasteiger partial charge in [0.25, 0.3) is 5.69 Å². The molecule has 6 heteroatoms. The van der Waals surface area contributed by atoms with Crippen LogP contribution in [0.1, 0.15) is 38.7 Å². The van der Waals surface area contributed by atoms with Gasteiger partial charge < -0.3 is 0 Å². The van der Waals surface area contributed by atoms with Crippen LogP contribution in [-0.4, -0.2) is 22.0 Å². The van der Waals surface area contributed by atoms with Crippen molar-refractivity contribution in [3.8, 4) is 0 Å². The summed E-state index contributed by atoms with van der Waals surface area (Å²) >= 11 is 0. The van der Waals surface area contributed by atoms with Gasteiger partial charge in [0.2, 0.25) is 0 Å². The summed E-state index contributed by atoms with van der Waals surface area (Å²) in [5, 5.41) is 13.1. The number of nitro benzene ring substituents is 1. The maximum Gasteiger partial charge on any atom is 0.274 e. The number of nitro groups is 1. The zero-order valence-corrected chi connectivity index (χ0v) is 11.8. The van der Waals surface area contributed by atoms with Crippen molar-refractivity contribution in [3.63, 3.8) is 0 Å². The number of nitrogens with zero attached hydrogens (tertiary/aromatic N) is 2. The van der Waals surface area contributed by atoms with E-state index in [9.17, 15) is 14.5 Å². The minimum atomic E-state index is -0.473. The van der Waals surface area contributed by atoms with E-state index in [0.717, 1.165) is 18.9 Å². The van der Waals surface area contributed by atoms with Crippen molar-refractivity contribution >= 4 is 5.69 Å². The molecule has 2 rings (SSSR count). The maximum absolute atomic E-state index is 13.3. The Balaban J connectivity index is 2.10. The van der Waals surface area contributed by atoms with Crippen LogP contribution < -0.4 is 5.43 Å². The van der Waals surface area contributed by atoms with Crippen LogP contribution in [0.3, 0.4) is 0 Å². The standard InChI is InChI=1S/C14H20FN3O2/c1-10-4-3-5-11(2)17(10)16-9-12-8-13(15)6-7-14(12)18(19)20/h6-8,10-11,16H,3-5,9H2,1-2H3. The van der Waals surface area contributed by atoms with Crippen LogP contribution in [0.25, 0.3) is 0 Å². The van der Waals surface area contributed by atoms with Crippen molar-refractivity contribution < 1.29 is 9.31 Å². The van der Waals surface area contributed by atoms with E-state index >= 15 is 0 Å². The van der Waals surface area contributed by atoms with E-state index in [1.54, 1.807) is 0 Å². The zero-order chi connectivity index (χ0) is 14.7. The second kappa shape index (κ2) is 6.28. The fourth-order valence-electron chi connectivity index (χ4n) is 2.78. The van der Waals surface area contributed by atoms with Gasteiger partial charge in [-0.2, -0.15) is 0 Å². The summed E-state index contributed by atoms with van der Waals surface area (Å²) in [6.45, 7) is 4.52. The third-order valence-corrected chi connectivity index (χ3v) is 3.88. The van der Waals surface area contributed by atoms with Crippen molar-refractivity contribution in [2.75, 3.05) is 0 Å². The molecule has 1 heterocycles. The third kappa shape index (κ3) is 3.32.